The van der Waals surface area contributed by atoms with Crippen LogP contribution in [0, 0.1) is 11.2 Å². The monoisotopic (exact) mass is 651 g/mol. The molecule has 1 atom stereocenters. The highest BCUT2D eigenvalue weighted by Crippen LogP contribution is 2.30. The molecule has 2 aromatic heterocycles. The van der Waals surface area contributed by atoms with Gasteiger partial charge in [-0.3, -0.25) is 19.4 Å². The predicted molar refractivity (Wildman–Crippen MR) is 184 cm³/mol. The Hall–Kier alpha value is -5.17. The number of nitrogens with two attached hydrogens (primary N) is 1. The second-order valence-electron chi connectivity index (χ2n) is 11.7. The highest BCUT2D eigenvalue weighted by atomic mass is 19.1. The van der Waals surface area contributed by atoms with E-state index in [1.165, 1.54) is 18.3 Å². The fraction of sp³-hybridized carbons (Fsp3) is 0.278. The average molecular weight is 652 g/mol. The van der Waals surface area contributed by atoms with Crippen molar-refractivity contribution in [3.63, 3.8) is 0 Å². The zero-order valence-electron chi connectivity index (χ0n) is 26.7. The second kappa shape index (κ2) is 14.7. The molecule has 0 saturated carbocycles. The van der Waals surface area contributed by atoms with Crippen molar-refractivity contribution >= 4 is 29.2 Å². The van der Waals surface area contributed by atoms with Crippen molar-refractivity contribution in [3.8, 4) is 22.3 Å². The molecule has 1 saturated heterocycles. The molecule has 2 aromatic carbocycles. The van der Waals surface area contributed by atoms with Gasteiger partial charge in [-0.2, -0.15) is 0 Å². The van der Waals surface area contributed by atoms with E-state index in [2.05, 4.69) is 15.2 Å². The smallest absolute Gasteiger partial charge is 0.264 e. The van der Waals surface area contributed by atoms with Crippen LogP contribution in [0.4, 0.5) is 15.9 Å². The Labute approximate surface area is 277 Å². The van der Waals surface area contributed by atoms with Gasteiger partial charge in [-0.05, 0) is 48.0 Å². The number of fused-ring (bicyclic) bond motifs is 2. The second-order valence-corrected chi connectivity index (χ2v) is 11.7. The number of nitrogens with one attached hydrogen (secondary N) is 2. The number of carbonyl (C=O) groups excluding carboxylic acids is 1. The number of halogens is 1. The Bertz CT molecular complexity index is 1870. The lowest BCUT2D eigenvalue weighted by molar-refractivity contribution is -0.0853. The maximum atomic E-state index is 14.1. The summed E-state index contributed by atoms with van der Waals surface area (Å²) in [5.74, 6) is -0.500. The van der Waals surface area contributed by atoms with Crippen LogP contribution in [0.15, 0.2) is 84.2 Å². The van der Waals surface area contributed by atoms with Gasteiger partial charge >= 0.3 is 0 Å². The molecule has 0 radical (unpaired) electrons. The van der Waals surface area contributed by atoms with E-state index in [9.17, 15) is 14.0 Å². The largest absolute Gasteiger partial charge is 0.388 e. The standard InChI is InChI=1S/C36H38FN7O4/c1-2-42-11-12-43-20-32(25-3-7-28(37)8-4-25)34(45)33(21-43)36(46)44(23-42)29-9-5-24(6-10-29)31-15-26(18-41-35(31)39)27(16-38)17-40-19-30-22-47-13-14-48-30/h3-10,15-18,20-21,30,38,40H,2,11-14,19,22-23H2,1H3,(H2,39,41)/b27-17+,38-16?/t30-/m0/s1. The summed E-state index contributed by atoms with van der Waals surface area (Å²) >= 11 is 0. The molecule has 6 rings (SSSR count). The number of hydrogen-bond acceptors (Lipinski definition) is 9. The van der Waals surface area contributed by atoms with Gasteiger partial charge < -0.3 is 30.5 Å². The molecule has 4 N–H and O–H groups in total. The third kappa shape index (κ3) is 7.20. The molecule has 248 valence electrons. The molecular formula is C36H38FN7O4. The van der Waals surface area contributed by atoms with E-state index in [-0.39, 0.29) is 18.3 Å². The minimum atomic E-state index is -0.424. The predicted octanol–water partition coefficient (Wildman–Crippen LogP) is 4.23. The fourth-order valence-electron chi connectivity index (χ4n) is 5.79. The van der Waals surface area contributed by atoms with Gasteiger partial charge in [0.1, 0.15) is 17.2 Å². The first kappa shape index (κ1) is 32.8. The Balaban J connectivity index is 1.29. The number of likely N-dealkylation sites (N-methyl/N-ethyl adjacent to an activating group) is 1. The number of ether oxygens (including phenoxy) is 2. The summed E-state index contributed by atoms with van der Waals surface area (Å²) in [5, 5.41) is 11.2. The summed E-state index contributed by atoms with van der Waals surface area (Å²) < 4.78 is 26.6. The van der Waals surface area contributed by atoms with Gasteiger partial charge in [-0.1, -0.05) is 31.2 Å². The first-order chi connectivity index (χ1) is 23.3. The molecular weight excluding hydrogens is 613 g/mol. The van der Waals surface area contributed by atoms with Gasteiger partial charge in [0.15, 0.2) is 0 Å². The number of nitrogens with zero attached hydrogens (tertiary/aromatic N) is 4. The van der Waals surface area contributed by atoms with Gasteiger partial charge in [0.2, 0.25) is 5.43 Å². The Morgan fingerprint density at radius 3 is 2.48 bits per heavy atom. The van der Waals surface area contributed by atoms with E-state index in [1.54, 1.807) is 41.8 Å². The number of anilines is 2. The van der Waals surface area contributed by atoms with Crippen LogP contribution in [-0.4, -0.2) is 78.8 Å². The molecule has 0 spiro atoms. The Morgan fingerprint density at radius 1 is 1.04 bits per heavy atom. The van der Waals surface area contributed by atoms with E-state index < -0.39 is 17.2 Å². The number of carbonyl (C=O) groups is 1. The maximum Gasteiger partial charge on any atom is 0.264 e. The van der Waals surface area contributed by atoms with Gasteiger partial charge in [0.25, 0.3) is 5.91 Å². The van der Waals surface area contributed by atoms with Crippen LogP contribution in [0.2, 0.25) is 0 Å². The molecule has 1 amide bonds. The first-order valence-corrected chi connectivity index (χ1v) is 15.9. The van der Waals surface area contributed by atoms with E-state index in [1.807, 2.05) is 41.8 Å². The summed E-state index contributed by atoms with van der Waals surface area (Å²) in [7, 11) is 0. The number of rotatable bonds is 9. The third-order valence-electron chi connectivity index (χ3n) is 8.56. The molecule has 2 aliphatic heterocycles. The van der Waals surface area contributed by atoms with E-state index >= 15 is 0 Å². The van der Waals surface area contributed by atoms with Crippen LogP contribution < -0.4 is 21.4 Å². The van der Waals surface area contributed by atoms with Gasteiger partial charge in [-0.25, -0.2) is 9.37 Å². The summed E-state index contributed by atoms with van der Waals surface area (Å²) in [6, 6.07) is 15.0. The SMILES string of the molecule is CCN1CCn2cc(c(=O)c(-c3ccc(F)cc3)c2)C(=O)N(c2ccc(-c3cc(/C(C=N)=C/NC[C@H]4COCCO4)cnc3N)cc2)C1. The molecule has 0 unspecified atom stereocenters. The fourth-order valence-corrected chi connectivity index (χ4v) is 5.79. The van der Waals surface area contributed by atoms with Gasteiger partial charge in [-0.15, -0.1) is 0 Å². The number of pyridine rings is 2. The highest BCUT2D eigenvalue weighted by molar-refractivity contribution is 6.09. The van der Waals surface area contributed by atoms with E-state index in [0.717, 1.165) is 5.56 Å². The van der Waals surface area contributed by atoms with Crippen LogP contribution in [0.25, 0.3) is 27.8 Å². The molecule has 48 heavy (non-hydrogen) atoms. The molecule has 2 bridgehead atoms. The Morgan fingerprint density at radius 2 is 1.77 bits per heavy atom. The van der Waals surface area contributed by atoms with Crippen LogP contribution in [0.1, 0.15) is 22.8 Å². The third-order valence-corrected chi connectivity index (χ3v) is 8.56. The van der Waals surface area contributed by atoms with Gasteiger partial charge in [0.05, 0.1) is 32.6 Å². The first-order valence-electron chi connectivity index (χ1n) is 15.9. The van der Waals surface area contributed by atoms with Crippen molar-refractivity contribution in [2.75, 3.05) is 56.8 Å². The topological polar surface area (TPSA) is 139 Å². The molecule has 4 aromatic rings. The number of allylic oxidation sites excluding steroid dienone is 1. The quantitative estimate of drug-likeness (QED) is 0.229. The minimum absolute atomic E-state index is 0.0437. The molecule has 0 aliphatic carbocycles. The molecule has 11 nitrogen and oxygen atoms in total. The summed E-state index contributed by atoms with van der Waals surface area (Å²) in [6.45, 7) is 6.45. The normalized spacial score (nSPS) is 17.4. The van der Waals surface area contributed by atoms with Crippen LogP contribution >= 0.6 is 0 Å². The Kier molecular flexibility index (Phi) is 10.0. The van der Waals surface area contributed by atoms with E-state index in [4.69, 9.17) is 20.6 Å². The molecule has 12 heteroatoms. The minimum Gasteiger partial charge on any atom is -0.388 e. The lowest BCUT2D eigenvalue weighted by atomic mass is 10.0. The number of benzene rings is 2. The number of amides is 1. The van der Waals surface area contributed by atoms with Crippen LogP contribution in [0.5, 0.6) is 0 Å². The van der Waals surface area contributed by atoms with Crippen LogP contribution in [0.3, 0.4) is 0 Å². The summed E-state index contributed by atoms with van der Waals surface area (Å²) in [4.78, 5) is 36.0. The molecule has 4 heterocycles. The van der Waals surface area contributed by atoms with E-state index in [0.29, 0.717) is 85.3 Å². The van der Waals surface area contributed by atoms with Crippen molar-refractivity contribution in [2.24, 2.45) is 0 Å². The zero-order chi connectivity index (χ0) is 33.6. The van der Waals surface area contributed by atoms with Crippen molar-refractivity contribution in [1.29, 1.82) is 5.41 Å². The van der Waals surface area contributed by atoms with Crippen LogP contribution in [-0.2, 0) is 16.0 Å². The highest BCUT2D eigenvalue weighted by Gasteiger charge is 2.26. The van der Waals surface area contributed by atoms with Crippen molar-refractivity contribution in [2.45, 2.75) is 19.6 Å². The average Bonchev–Trinajstić information content (AvgIpc) is 3.17. The lowest BCUT2D eigenvalue weighted by Crippen LogP contribution is -2.43. The maximum absolute atomic E-state index is 14.1. The zero-order valence-corrected chi connectivity index (χ0v) is 26.7. The van der Waals surface area contributed by atoms with Crippen molar-refractivity contribution < 1.29 is 18.7 Å². The lowest BCUT2D eigenvalue weighted by Gasteiger charge is -2.29. The summed E-state index contributed by atoms with van der Waals surface area (Å²) in [5.41, 5.74) is 10.2. The number of nitrogen functional groups attached to an aromatic ring is 1. The molecule has 1 fully saturated rings. The molecule has 2 aliphatic rings. The van der Waals surface area contributed by atoms with Crippen molar-refractivity contribution in [3.05, 3.63) is 107 Å². The van der Waals surface area contributed by atoms with Gasteiger partial charge in [0, 0.05) is 78.6 Å². The van der Waals surface area contributed by atoms with Crippen molar-refractivity contribution in [1.82, 2.24) is 19.8 Å². The summed E-state index contributed by atoms with van der Waals surface area (Å²) in [6.07, 6.45) is 7.90. The number of aromatic nitrogens is 2. The number of hydrogen-bond donors (Lipinski definition) is 3.